The number of Topliss-reactive ketones (excluding diaryl/α,β-unsaturated/α-hetero) is 1. The van der Waals surface area contributed by atoms with Gasteiger partial charge in [-0.3, -0.25) is 9.59 Å². The quantitative estimate of drug-likeness (QED) is 0.808. The number of halogens is 1. The first kappa shape index (κ1) is 12.7. The molecule has 0 aromatic heterocycles. The number of amides is 1. The van der Waals surface area contributed by atoms with Crippen molar-refractivity contribution in [3.63, 3.8) is 0 Å². The Labute approximate surface area is 106 Å². The van der Waals surface area contributed by atoms with Gasteiger partial charge in [-0.05, 0) is 31.5 Å². The third-order valence-corrected chi connectivity index (χ3v) is 3.17. The monoisotopic (exact) mass is 249 g/mol. The Kier molecular flexibility index (Phi) is 3.45. The molecule has 1 aliphatic rings. The van der Waals surface area contributed by atoms with Crippen LogP contribution in [0.1, 0.15) is 43.5 Å². The van der Waals surface area contributed by atoms with Gasteiger partial charge in [0.05, 0.1) is 5.69 Å². The zero-order valence-corrected chi connectivity index (χ0v) is 10.6. The number of fused-ring (bicyclic) bond motifs is 1. The van der Waals surface area contributed by atoms with Crippen molar-refractivity contribution in [3.8, 4) is 0 Å². The Morgan fingerprint density at radius 3 is 2.89 bits per heavy atom. The van der Waals surface area contributed by atoms with Crippen molar-refractivity contribution in [2.45, 2.75) is 39.2 Å². The van der Waals surface area contributed by atoms with Crippen molar-refractivity contribution in [1.29, 1.82) is 0 Å². The minimum absolute atomic E-state index is 0.00893. The molecule has 96 valence electrons. The van der Waals surface area contributed by atoms with Crippen LogP contribution in [0.25, 0.3) is 0 Å². The summed E-state index contributed by atoms with van der Waals surface area (Å²) >= 11 is 0. The first-order chi connectivity index (χ1) is 8.54. The lowest BCUT2D eigenvalue weighted by Gasteiger charge is -2.34. The summed E-state index contributed by atoms with van der Waals surface area (Å²) in [6, 6.07) is 3.87. The number of carbonyl (C=O) groups excluding carboxylic acids is 2. The van der Waals surface area contributed by atoms with Gasteiger partial charge in [-0.1, -0.05) is 6.92 Å². The second-order valence-corrected chi connectivity index (χ2v) is 4.65. The molecule has 1 amide bonds. The fourth-order valence-electron chi connectivity index (χ4n) is 2.36. The summed E-state index contributed by atoms with van der Waals surface area (Å²) in [5.41, 5.74) is 0.858. The molecule has 0 bridgehead atoms. The number of hydrogen-bond donors (Lipinski definition) is 0. The summed E-state index contributed by atoms with van der Waals surface area (Å²) in [5.74, 6) is -0.553. The molecule has 0 N–H and O–H groups in total. The molecule has 0 radical (unpaired) electrons. The van der Waals surface area contributed by atoms with Gasteiger partial charge in [-0.2, -0.15) is 0 Å². The number of ketones is 1. The molecule has 1 heterocycles. The van der Waals surface area contributed by atoms with Crippen LogP contribution < -0.4 is 4.90 Å². The van der Waals surface area contributed by atoms with Crippen molar-refractivity contribution < 1.29 is 14.0 Å². The highest BCUT2D eigenvalue weighted by Gasteiger charge is 2.32. The van der Waals surface area contributed by atoms with E-state index in [1.807, 2.05) is 13.8 Å². The molecule has 1 aliphatic heterocycles. The first-order valence-corrected chi connectivity index (χ1v) is 6.19. The highest BCUT2D eigenvalue weighted by Crippen LogP contribution is 2.31. The molecule has 18 heavy (non-hydrogen) atoms. The zero-order chi connectivity index (χ0) is 13.3. The van der Waals surface area contributed by atoms with Crippen LogP contribution in [0.5, 0.6) is 0 Å². The van der Waals surface area contributed by atoms with Crippen LogP contribution >= 0.6 is 0 Å². The molecule has 3 nitrogen and oxygen atoms in total. The fourth-order valence-corrected chi connectivity index (χ4v) is 2.36. The van der Waals surface area contributed by atoms with E-state index in [9.17, 15) is 14.0 Å². The molecular formula is C14H16FNO2. The number of carbonyl (C=O) groups is 2. The van der Waals surface area contributed by atoms with Crippen molar-refractivity contribution in [1.82, 2.24) is 0 Å². The van der Waals surface area contributed by atoms with E-state index >= 15 is 0 Å². The number of hydrogen-bond acceptors (Lipinski definition) is 2. The minimum Gasteiger partial charge on any atom is -0.308 e. The number of benzene rings is 1. The van der Waals surface area contributed by atoms with Gasteiger partial charge in [0.15, 0.2) is 5.78 Å². The molecular weight excluding hydrogens is 233 g/mol. The van der Waals surface area contributed by atoms with Crippen LogP contribution in [0, 0.1) is 5.82 Å². The lowest BCUT2D eigenvalue weighted by atomic mass is 9.94. The van der Waals surface area contributed by atoms with Gasteiger partial charge >= 0.3 is 0 Å². The Morgan fingerprint density at radius 2 is 2.22 bits per heavy atom. The average molecular weight is 249 g/mol. The maximum atomic E-state index is 13.2. The molecule has 1 unspecified atom stereocenters. The molecule has 0 saturated heterocycles. The van der Waals surface area contributed by atoms with Crippen LogP contribution in [-0.2, 0) is 4.79 Å². The topological polar surface area (TPSA) is 37.4 Å². The van der Waals surface area contributed by atoms with E-state index in [-0.39, 0.29) is 24.2 Å². The van der Waals surface area contributed by atoms with Crippen molar-refractivity contribution in [2.75, 3.05) is 4.90 Å². The van der Waals surface area contributed by atoms with E-state index < -0.39 is 5.82 Å². The summed E-state index contributed by atoms with van der Waals surface area (Å²) in [7, 11) is 0. The average Bonchev–Trinajstić information content (AvgIpc) is 2.30. The second-order valence-electron chi connectivity index (χ2n) is 4.65. The van der Waals surface area contributed by atoms with Crippen LogP contribution in [-0.4, -0.2) is 17.7 Å². The summed E-state index contributed by atoms with van der Waals surface area (Å²) in [5, 5.41) is 0. The summed E-state index contributed by atoms with van der Waals surface area (Å²) < 4.78 is 13.2. The van der Waals surface area contributed by atoms with Crippen molar-refractivity contribution in [3.05, 3.63) is 29.6 Å². The van der Waals surface area contributed by atoms with Gasteiger partial charge in [0, 0.05) is 24.4 Å². The third kappa shape index (κ3) is 2.15. The summed E-state index contributed by atoms with van der Waals surface area (Å²) in [4.78, 5) is 25.6. The van der Waals surface area contributed by atoms with Crippen LogP contribution in [0.3, 0.4) is 0 Å². The highest BCUT2D eigenvalue weighted by molar-refractivity contribution is 6.09. The Bertz CT molecular complexity index is 499. The molecule has 1 aromatic carbocycles. The van der Waals surface area contributed by atoms with Gasteiger partial charge in [0.2, 0.25) is 5.91 Å². The van der Waals surface area contributed by atoms with Gasteiger partial charge in [-0.15, -0.1) is 0 Å². The van der Waals surface area contributed by atoms with Gasteiger partial charge < -0.3 is 4.90 Å². The molecule has 0 saturated carbocycles. The van der Waals surface area contributed by atoms with Gasteiger partial charge in [0.1, 0.15) is 5.82 Å². The van der Waals surface area contributed by atoms with Crippen LogP contribution in [0.15, 0.2) is 18.2 Å². The van der Waals surface area contributed by atoms with Crippen LogP contribution in [0.4, 0.5) is 10.1 Å². The zero-order valence-electron chi connectivity index (χ0n) is 10.6. The van der Waals surface area contributed by atoms with E-state index in [4.69, 9.17) is 0 Å². The van der Waals surface area contributed by atoms with E-state index in [1.54, 1.807) is 4.90 Å². The van der Waals surface area contributed by atoms with Gasteiger partial charge in [0.25, 0.3) is 0 Å². The Morgan fingerprint density at radius 1 is 1.50 bits per heavy atom. The number of rotatable bonds is 2. The predicted molar refractivity (Wildman–Crippen MR) is 67.2 cm³/mol. The van der Waals surface area contributed by atoms with E-state index in [0.29, 0.717) is 17.7 Å². The second kappa shape index (κ2) is 4.88. The SMILES string of the molecule is CCCC(=O)N1c2ccc(F)cc2C(=O)CC1C. The highest BCUT2D eigenvalue weighted by atomic mass is 19.1. The summed E-state index contributed by atoms with van der Waals surface area (Å²) in [6.45, 7) is 3.78. The molecule has 0 aliphatic carbocycles. The third-order valence-electron chi connectivity index (χ3n) is 3.17. The summed E-state index contributed by atoms with van der Waals surface area (Å²) in [6.07, 6.45) is 1.45. The molecule has 0 fully saturated rings. The van der Waals surface area contributed by atoms with E-state index in [2.05, 4.69) is 0 Å². The smallest absolute Gasteiger partial charge is 0.227 e. The maximum absolute atomic E-state index is 13.2. The first-order valence-electron chi connectivity index (χ1n) is 6.19. The standard InChI is InChI=1S/C14H16FNO2/c1-3-4-14(18)16-9(2)7-13(17)11-8-10(15)5-6-12(11)16/h5-6,8-9H,3-4,7H2,1-2H3. The van der Waals surface area contributed by atoms with Gasteiger partial charge in [-0.25, -0.2) is 4.39 Å². The molecule has 1 aromatic rings. The lowest BCUT2D eigenvalue weighted by molar-refractivity contribution is -0.119. The normalized spacial score (nSPS) is 18.7. The minimum atomic E-state index is -0.445. The maximum Gasteiger partial charge on any atom is 0.227 e. The van der Waals surface area contributed by atoms with Crippen molar-refractivity contribution in [2.24, 2.45) is 0 Å². The largest absolute Gasteiger partial charge is 0.308 e. The van der Waals surface area contributed by atoms with Crippen molar-refractivity contribution >= 4 is 17.4 Å². The fraction of sp³-hybridized carbons (Fsp3) is 0.429. The lowest BCUT2D eigenvalue weighted by Crippen LogP contribution is -2.43. The Hall–Kier alpha value is -1.71. The number of anilines is 1. The molecule has 4 heteroatoms. The van der Waals surface area contributed by atoms with E-state index in [1.165, 1.54) is 18.2 Å². The molecule has 0 spiro atoms. The Balaban J connectivity index is 2.46. The number of nitrogens with zero attached hydrogens (tertiary/aromatic N) is 1. The molecule has 2 rings (SSSR count). The van der Waals surface area contributed by atoms with E-state index in [0.717, 1.165) is 6.42 Å². The predicted octanol–water partition coefficient (Wildman–Crippen LogP) is 2.93. The van der Waals surface area contributed by atoms with Crippen LogP contribution in [0.2, 0.25) is 0 Å². The molecule has 1 atom stereocenters.